The van der Waals surface area contributed by atoms with E-state index in [2.05, 4.69) is 20.3 Å². The van der Waals surface area contributed by atoms with Crippen LogP contribution in [0.5, 0.6) is 0 Å². The van der Waals surface area contributed by atoms with Crippen molar-refractivity contribution in [1.29, 1.82) is 0 Å². The van der Waals surface area contributed by atoms with Gasteiger partial charge in [-0.05, 0) is 61.1 Å². The molecule has 1 aliphatic carbocycles. The summed E-state index contributed by atoms with van der Waals surface area (Å²) in [7, 11) is 0. The zero-order valence-electron chi connectivity index (χ0n) is 18.0. The molecular formula is C24H21F4N5O. The number of alkyl halides is 3. The summed E-state index contributed by atoms with van der Waals surface area (Å²) in [5, 5.41) is 2.95. The Bertz CT molecular complexity index is 1210. The van der Waals surface area contributed by atoms with E-state index >= 15 is 0 Å². The minimum absolute atomic E-state index is 0.0139. The van der Waals surface area contributed by atoms with E-state index in [9.17, 15) is 22.4 Å². The number of rotatable bonds is 5. The van der Waals surface area contributed by atoms with Crippen LogP contribution >= 0.6 is 0 Å². The van der Waals surface area contributed by atoms with Crippen LogP contribution in [-0.2, 0) is 6.18 Å². The first-order valence-electron chi connectivity index (χ1n) is 10.9. The SMILES string of the molecule is O=C(c1cc(F)ccc1-c1ncccn1)N1CC2(CC2)C[C@H]1CNc1cc(C(F)(F)F)ccn1. The molecule has 2 fully saturated rings. The van der Waals surface area contributed by atoms with Crippen LogP contribution in [0.1, 0.15) is 35.2 Å². The Kier molecular flexibility index (Phi) is 5.45. The predicted octanol–water partition coefficient (Wildman–Crippen LogP) is 4.80. The fourth-order valence-corrected chi connectivity index (χ4v) is 4.53. The van der Waals surface area contributed by atoms with E-state index in [4.69, 9.17) is 0 Å². The number of nitrogens with one attached hydrogen (secondary N) is 1. The summed E-state index contributed by atoms with van der Waals surface area (Å²) in [4.78, 5) is 27.7. The Balaban J connectivity index is 1.40. The Morgan fingerprint density at radius 2 is 1.85 bits per heavy atom. The first kappa shape index (κ1) is 22.2. The number of benzene rings is 1. The van der Waals surface area contributed by atoms with Gasteiger partial charge in [0.1, 0.15) is 11.6 Å². The van der Waals surface area contributed by atoms with E-state index in [1.807, 2.05) is 0 Å². The number of anilines is 1. The lowest BCUT2D eigenvalue weighted by Crippen LogP contribution is -2.40. The molecule has 6 nitrogen and oxygen atoms in total. The molecule has 3 heterocycles. The Morgan fingerprint density at radius 3 is 2.56 bits per heavy atom. The molecule has 34 heavy (non-hydrogen) atoms. The van der Waals surface area contributed by atoms with Crippen LogP contribution in [0.25, 0.3) is 11.4 Å². The molecule has 1 atom stereocenters. The number of nitrogens with zero attached hydrogens (tertiary/aromatic N) is 4. The summed E-state index contributed by atoms with van der Waals surface area (Å²) in [6, 6.07) is 7.16. The van der Waals surface area contributed by atoms with E-state index in [-0.39, 0.29) is 35.3 Å². The molecule has 1 aromatic carbocycles. The van der Waals surface area contributed by atoms with Crippen LogP contribution in [0, 0.1) is 11.2 Å². The third kappa shape index (κ3) is 4.44. The van der Waals surface area contributed by atoms with Gasteiger partial charge in [0.2, 0.25) is 0 Å². The quantitative estimate of drug-likeness (QED) is 0.541. The number of likely N-dealkylation sites (tertiary alicyclic amines) is 1. The fraction of sp³-hybridized carbons (Fsp3) is 0.333. The molecule has 10 heteroatoms. The number of aromatic nitrogens is 3. The summed E-state index contributed by atoms with van der Waals surface area (Å²) in [6.45, 7) is 0.744. The largest absolute Gasteiger partial charge is 0.416 e. The lowest BCUT2D eigenvalue weighted by molar-refractivity contribution is -0.137. The second-order valence-corrected chi connectivity index (χ2v) is 8.86. The Morgan fingerprint density at radius 1 is 1.09 bits per heavy atom. The molecule has 3 aromatic rings. The predicted molar refractivity (Wildman–Crippen MR) is 116 cm³/mol. The summed E-state index contributed by atoms with van der Waals surface area (Å²) in [5.41, 5.74) is -0.198. The van der Waals surface area contributed by atoms with Crippen molar-refractivity contribution in [2.45, 2.75) is 31.5 Å². The van der Waals surface area contributed by atoms with Crippen molar-refractivity contribution in [3.63, 3.8) is 0 Å². The van der Waals surface area contributed by atoms with Gasteiger partial charge in [0, 0.05) is 43.3 Å². The molecule has 5 rings (SSSR count). The number of pyridine rings is 1. The number of carbonyl (C=O) groups is 1. The van der Waals surface area contributed by atoms with Gasteiger partial charge in [0.05, 0.1) is 11.1 Å². The van der Waals surface area contributed by atoms with E-state index in [0.717, 1.165) is 37.6 Å². The van der Waals surface area contributed by atoms with Gasteiger partial charge in [-0.25, -0.2) is 19.3 Å². The van der Waals surface area contributed by atoms with Crippen LogP contribution in [0.4, 0.5) is 23.4 Å². The van der Waals surface area contributed by atoms with E-state index in [0.29, 0.717) is 17.9 Å². The summed E-state index contributed by atoms with van der Waals surface area (Å²) < 4.78 is 53.3. The number of halogens is 4. The molecule has 2 aliphatic rings. The van der Waals surface area contributed by atoms with Crippen LogP contribution in [0.3, 0.4) is 0 Å². The van der Waals surface area contributed by atoms with Crippen LogP contribution < -0.4 is 5.32 Å². The molecule has 176 valence electrons. The van der Waals surface area contributed by atoms with Gasteiger partial charge in [0.25, 0.3) is 5.91 Å². The van der Waals surface area contributed by atoms with Crippen molar-refractivity contribution < 1.29 is 22.4 Å². The molecule has 0 bridgehead atoms. The average molecular weight is 471 g/mol. The molecule has 0 unspecified atom stereocenters. The molecular weight excluding hydrogens is 450 g/mol. The number of hydrogen-bond acceptors (Lipinski definition) is 5. The van der Waals surface area contributed by atoms with Crippen molar-refractivity contribution in [2.24, 2.45) is 5.41 Å². The molecule has 1 saturated heterocycles. The molecule has 1 spiro atoms. The van der Waals surface area contributed by atoms with Gasteiger partial charge in [0.15, 0.2) is 5.82 Å². The summed E-state index contributed by atoms with van der Waals surface area (Å²) in [6.07, 6.45) is 2.40. The maximum atomic E-state index is 14.2. The highest BCUT2D eigenvalue weighted by molar-refractivity contribution is 6.00. The smallest absolute Gasteiger partial charge is 0.368 e. The van der Waals surface area contributed by atoms with Crippen molar-refractivity contribution in [3.05, 3.63) is 71.9 Å². The number of amides is 1. The maximum Gasteiger partial charge on any atom is 0.416 e. The zero-order chi connectivity index (χ0) is 23.9. The summed E-state index contributed by atoms with van der Waals surface area (Å²) in [5.74, 6) is -0.502. The first-order valence-corrected chi connectivity index (χ1v) is 10.9. The first-order chi connectivity index (χ1) is 16.2. The standard InChI is InChI=1S/C24H21F4N5O/c25-16-2-3-18(21-30-7-1-8-31-21)19(11-16)22(34)33-14-23(5-6-23)12-17(33)13-32-20-10-15(4-9-29-20)24(26,27)28/h1-4,7-11,17H,5-6,12-14H2,(H,29,32)/t17-/m0/s1. The Hall–Kier alpha value is -3.56. The zero-order valence-corrected chi connectivity index (χ0v) is 18.0. The lowest BCUT2D eigenvalue weighted by Gasteiger charge is -2.26. The van der Waals surface area contributed by atoms with E-state index < -0.39 is 17.6 Å². The van der Waals surface area contributed by atoms with Gasteiger partial charge in [-0.15, -0.1) is 0 Å². The highest BCUT2D eigenvalue weighted by Gasteiger charge is 2.53. The molecule has 2 aromatic heterocycles. The van der Waals surface area contributed by atoms with Crippen LogP contribution in [0.15, 0.2) is 55.0 Å². The fourth-order valence-electron chi connectivity index (χ4n) is 4.53. The molecule has 1 aliphatic heterocycles. The Labute approximate surface area is 193 Å². The monoisotopic (exact) mass is 471 g/mol. The topological polar surface area (TPSA) is 71.0 Å². The van der Waals surface area contributed by atoms with Crippen molar-refractivity contribution >= 4 is 11.7 Å². The number of carbonyl (C=O) groups excluding carboxylic acids is 1. The third-order valence-corrected chi connectivity index (χ3v) is 6.46. The van der Waals surface area contributed by atoms with Gasteiger partial charge in [-0.3, -0.25) is 4.79 Å². The van der Waals surface area contributed by atoms with E-state index in [1.165, 1.54) is 18.2 Å². The second-order valence-electron chi connectivity index (χ2n) is 8.86. The van der Waals surface area contributed by atoms with Gasteiger partial charge >= 0.3 is 6.18 Å². The van der Waals surface area contributed by atoms with Gasteiger partial charge in [-0.1, -0.05) is 0 Å². The third-order valence-electron chi connectivity index (χ3n) is 6.46. The van der Waals surface area contributed by atoms with Gasteiger partial charge in [-0.2, -0.15) is 13.2 Å². The average Bonchev–Trinajstić information content (AvgIpc) is 3.48. The molecule has 1 saturated carbocycles. The highest BCUT2D eigenvalue weighted by Crippen LogP contribution is 2.55. The maximum absolute atomic E-state index is 14.2. The lowest BCUT2D eigenvalue weighted by atomic mass is 10.0. The molecule has 1 N–H and O–H groups in total. The highest BCUT2D eigenvalue weighted by atomic mass is 19.4. The minimum Gasteiger partial charge on any atom is -0.368 e. The molecule has 1 amide bonds. The van der Waals surface area contributed by atoms with Crippen LogP contribution in [0.2, 0.25) is 0 Å². The molecule has 0 radical (unpaired) electrons. The van der Waals surface area contributed by atoms with Gasteiger partial charge < -0.3 is 10.2 Å². The van der Waals surface area contributed by atoms with Crippen LogP contribution in [-0.4, -0.2) is 44.9 Å². The van der Waals surface area contributed by atoms with E-state index in [1.54, 1.807) is 23.4 Å². The summed E-state index contributed by atoms with van der Waals surface area (Å²) >= 11 is 0. The second kappa shape index (κ2) is 8.34. The van der Waals surface area contributed by atoms with Crippen molar-refractivity contribution in [1.82, 2.24) is 19.9 Å². The normalized spacial score (nSPS) is 18.8. The van der Waals surface area contributed by atoms with Crippen molar-refractivity contribution in [2.75, 3.05) is 18.4 Å². The van der Waals surface area contributed by atoms with Crippen molar-refractivity contribution in [3.8, 4) is 11.4 Å². The number of hydrogen-bond donors (Lipinski definition) is 1. The minimum atomic E-state index is -4.47.